The molecule has 0 radical (unpaired) electrons. The molecule has 2 rings (SSSR count). The Morgan fingerprint density at radius 1 is 1.25 bits per heavy atom. The van der Waals surface area contributed by atoms with Gasteiger partial charge in [0.2, 0.25) is 0 Å². The molecular weight excluding hydrogens is 389 g/mol. The molecule has 10 heteroatoms. The average Bonchev–Trinajstić information content (AvgIpc) is 2.62. The number of rotatable bonds is 6. The predicted octanol–water partition coefficient (Wildman–Crippen LogP) is 1.05. The Labute approximate surface area is 161 Å². The van der Waals surface area contributed by atoms with Crippen LogP contribution in [-0.2, 0) is 14.6 Å². The van der Waals surface area contributed by atoms with E-state index in [9.17, 15) is 27.5 Å². The van der Waals surface area contributed by atoms with Gasteiger partial charge < -0.3 is 15.7 Å². The molecule has 0 fully saturated rings. The number of halogens is 1. The Bertz CT molecular complexity index is 1000. The third-order valence-corrected chi connectivity index (χ3v) is 5.82. The van der Waals surface area contributed by atoms with Gasteiger partial charge in [0.1, 0.15) is 5.82 Å². The summed E-state index contributed by atoms with van der Waals surface area (Å²) in [5.41, 5.74) is -1.61. The number of aryl methyl sites for hydroxylation is 1. The summed E-state index contributed by atoms with van der Waals surface area (Å²) in [5, 5.41) is 15.0. The Morgan fingerprint density at radius 3 is 2.46 bits per heavy atom. The van der Waals surface area contributed by atoms with Crippen LogP contribution in [0.4, 0.5) is 10.1 Å². The highest BCUT2D eigenvalue weighted by molar-refractivity contribution is 7.91. The van der Waals surface area contributed by atoms with Crippen molar-refractivity contribution in [2.75, 3.05) is 18.1 Å². The summed E-state index contributed by atoms with van der Waals surface area (Å²) in [7, 11) is -2.92. The highest BCUT2D eigenvalue weighted by atomic mass is 32.2. The molecule has 0 aliphatic carbocycles. The number of aliphatic hydroxyl groups is 1. The van der Waals surface area contributed by atoms with E-state index in [4.69, 9.17) is 0 Å². The zero-order valence-corrected chi connectivity index (χ0v) is 16.3. The maximum absolute atomic E-state index is 14.1. The Kier molecular flexibility index (Phi) is 6.15. The molecule has 1 atom stereocenters. The van der Waals surface area contributed by atoms with Crippen LogP contribution >= 0.6 is 0 Å². The van der Waals surface area contributed by atoms with E-state index in [1.54, 1.807) is 19.1 Å². The standard InChI is InChI=1S/C18H20FN3O5S/c1-11-4-5-12(9-21-11)22-17(24)18(2,25)10-28(26,27)13-6-7-14(15(19)8-13)16(23)20-3/h4-9,25H,10H2,1-3H3,(H,20,23)(H,22,24)/t18-/m0/s1. The lowest BCUT2D eigenvalue weighted by molar-refractivity contribution is -0.130. The summed E-state index contributed by atoms with van der Waals surface area (Å²) in [6.07, 6.45) is 1.37. The van der Waals surface area contributed by atoms with Gasteiger partial charge in [-0.2, -0.15) is 0 Å². The van der Waals surface area contributed by atoms with Crippen molar-refractivity contribution in [3.05, 3.63) is 53.6 Å². The number of carbonyl (C=O) groups excluding carboxylic acids is 2. The minimum absolute atomic E-state index is 0.286. The van der Waals surface area contributed by atoms with Crippen LogP contribution in [0.2, 0.25) is 0 Å². The van der Waals surface area contributed by atoms with Crippen molar-refractivity contribution in [3.63, 3.8) is 0 Å². The van der Waals surface area contributed by atoms with E-state index in [0.717, 1.165) is 24.8 Å². The first-order valence-electron chi connectivity index (χ1n) is 8.17. The number of amides is 2. The molecule has 1 aromatic carbocycles. The largest absolute Gasteiger partial charge is 0.379 e. The quantitative estimate of drug-likeness (QED) is 0.655. The maximum atomic E-state index is 14.1. The van der Waals surface area contributed by atoms with Crippen molar-refractivity contribution in [2.45, 2.75) is 24.3 Å². The number of carbonyl (C=O) groups is 2. The van der Waals surface area contributed by atoms with Gasteiger partial charge in [-0.3, -0.25) is 14.6 Å². The van der Waals surface area contributed by atoms with E-state index in [1.165, 1.54) is 13.2 Å². The van der Waals surface area contributed by atoms with Crippen molar-refractivity contribution in [1.82, 2.24) is 10.3 Å². The zero-order chi connectivity index (χ0) is 21.1. The van der Waals surface area contributed by atoms with Gasteiger partial charge in [-0.05, 0) is 44.2 Å². The first-order valence-corrected chi connectivity index (χ1v) is 9.82. The van der Waals surface area contributed by atoms with Crippen LogP contribution in [0.15, 0.2) is 41.4 Å². The summed E-state index contributed by atoms with van der Waals surface area (Å²) < 4.78 is 39.1. The van der Waals surface area contributed by atoms with Gasteiger partial charge in [-0.1, -0.05) is 0 Å². The highest BCUT2D eigenvalue weighted by Gasteiger charge is 2.37. The van der Waals surface area contributed by atoms with Crippen LogP contribution in [0.25, 0.3) is 0 Å². The number of benzene rings is 1. The third-order valence-electron chi connectivity index (χ3n) is 3.90. The normalized spacial score (nSPS) is 13.5. The Balaban J connectivity index is 2.21. The lowest BCUT2D eigenvalue weighted by Gasteiger charge is -2.22. The number of sulfone groups is 1. The first-order chi connectivity index (χ1) is 13.0. The average molecular weight is 409 g/mol. The topological polar surface area (TPSA) is 125 Å². The van der Waals surface area contributed by atoms with E-state index in [1.807, 2.05) is 0 Å². The molecule has 3 N–H and O–H groups in total. The zero-order valence-electron chi connectivity index (χ0n) is 15.5. The van der Waals surface area contributed by atoms with Crippen LogP contribution in [0.1, 0.15) is 23.0 Å². The van der Waals surface area contributed by atoms with Crippen LogP contribution < -0.4 is 10.6 Å². The van der Waals surface area contributed by atoms with Crippen molar-refractivity contribution in [1.29, 1.82) is 0 Å². The molecule has 2 aromatic rings. The van der Waals surface area contributed by atoms with Crippen LogP contribution in [-0.4, -0.2) is 48.7 Å². The summed E-state index contributed by atoms with van der Waals surface area (Å²) in [4.78, 5) is 27.3. The molecule has 0 saturated carbocycles. The molecule has 1 heterocycles. The van der Waals surface area contributed by atoms with Gasteiger partial charge in [0.05, 0.1) is 28.1 Å². The van der Waals surface area contributed by atoms with Crippen LogP contribution in [0.3, 0.4) is 0 Å². The van der Waals surface area contributed by atoms with Gasteiger partial charge in [0, 0.05) is 12.7 Å². The summed E-state index contributed by atoms with van der Waals surface area (Å²) in [6, 6.07) is 5.93. The number of pyridine rings is 1. The molecule has 8 nitrogen and oxygen atoms in total. The van der Waals surface area contributed by atoms with Crippen molar-refractivity contribution in [2.24, 2.45) is 0 Å². The van der Waals surface area contributed by atoms with E-state index in [2.05, 4.69) is 15.6 Å². The van der Waals surface area contributed by atoms with Crippen LogP contribution in [0, 0.1) is 12.7 Å². The smallest absolute Gasteiger partial charge is 0.257 e. The maximum Gasteiger partial charge on any atom is 0.257 e. The monoisotopic (exact) mass is 409 g/mol. The van der Waals surface area contributed by atoms with Gasteiger partial charge in [0.15, 0.2) is 15.4 Å². The summed E-state index contributed by atoms with van der Waals surface area (Å²) >= 11 is 0. The predicted molar refractivity (Wildman–Crippen MR) is 100 cm³/mol. The molecule has 0 aliphatic heterocycles. The molecule has 0 bridgehead atoms. The summed E-state index contributed by atoms with van der Waals surface area (Å²) in [5.74, 6) is -3.68. The molecule has 0 saturated heterocycles. The van der Waals surface area contributed by atoms with Gasteiger partial charge >= 0.3 is 0 Å². The number of hydrogen-bond acceptors (Lipinski definition) is 6. The molecule has 1 aromatic heterocycles. The molecular formula is C18H20FN3O5S. The molecule has 0 unspecified atom stereocenters. The lowest BCUT2D eigenvalue weighted by Crippen LogP contribution is -2.45. The second-order valence-electron chi connectivity index (χ2n) is 6.40. The summed E-state index contributed by atoms with van der Waals surface area (Å²) in [6.45, 7) is 2.79. The minimum atomic E-state index is -4.23. The number of nitrogens with zero attached hydrogens (tertiary/aromatic N) is 1. The van der Waals surface area contributed by atoms with Gasteiger partial charge in [-0.25, -0.2) is 12.8 Å². The van der Waals surface area contributed by atoms with E-state index >= 15 is 0 Å². The number of anilines is 1. The van der Waals surface area contributed by atoms with Gasteiger partial charge in [-0.15, -0.1) is 0 Å². The third kappa shape index (κ3) is 4.90. The Hall–Kier alpha value is -2.85. The second kappa shape index (κ2) is 8.03. The SMILES string of the molecule is CNC(=O)c1ccc(S(=O)(=O)C[C@](C)(O)C(=O)Nc2ccc(C)nc2)cc1F. The number of aromatic nitrogens is 1. The molecule has 2 amide bonds. The first kappa shape index (κ1) is 21.5. The van der Waals surface area contributed by atoms with Crippen molar-refractivity contribution < 1.29 is 27.5 Å². The second-order valence-corrected chi connectivity index (χ2v) is 8.39. The molecule has 0 aliphatic rings. The molecule has 0 spiro atoms. The fourth-order valence-electron chi connectivity index (χ4n) is 2.33. The van der Waals surface area contributed by atoms with Crippen LogP contribution in [0.5, 0.6) is 0 Å². The molecule has 28 heavy (non-hydrogen) atoms. The Morgan fingerprint density at radius 2 is 1.93 bits per heavy atom. The number of nitrogens with one attached hydrogen (secondary N) is 2. The fourth-order valence-corrected chi connectivity index (χ4v) is 3.93. The molecule has 150 valence electrons. The lowest BCUT2D eigenvalue weighted by atomic mass is 10.1. The van der Waals surface area contributed by atoms with Gasteiger partial charge in [0.25, 0.3) is 11.8 Å². The van der Waals surface area contributed by atoms with E-state index in [-0.39, 0.29) is 11.3 Å². The van der Waals surface area contributed by atoms with Crippen molar-refractivity contribution >= 4 is 27.3 Å². The van der Waals surface area contributed by atoms with E-state index < -0.39 is 43.7 Å². The minimum Gasteiger partial charge on any atom is -0.379 e. The van der Waals surface area contributed by atoms with Crippen molar-refractivity contribution in [3.8, 4) is 0 Å². The number of hydrogen-bond donors (Lipinski definition) is 3. The van der Waals surface area contributed by atoms with E-state index in [0.29, 0.717) is 6.07 Å². The highest BCUT2D eigenvalue weighted by Crippen LogP contribution is 2.21. The fraction of sp³-hybridized carbons (Fsp3) is 0.278.